The highest BCUT2D eigenvalue weighted by molar-refractivity contribution is 7.99. The smallest absolute Gasteiger partial charge is 0.276 e. The normalized spacial score (nSPS) is 21.5. The summed E-state index contributed by atoms with van der Waals surface area (Å²) in [6, 6.07) is 8.69. The highest BCUT2D eigenvalue weighted by Crippen LogP contribution is 2.40. The molecule has 0 radical (unpaired) electrons. The second-order valence-electron chi connectivity index (χ2n) is 6.35. The SMILES string of the molecule is O=C(c1cc(C2CC2)on1)N1CCS[C@H](c2ccccc2F)CC1. The Labute approximate surface area is 144 Å². The largest absolute Gasteiger partial charge is 0.360 e. The van der Waals surface area contributed by atoms with E-state index in [4.69, 9.17) is 4.52 Å². The molecule has 24 heavy (non-hydrogen) atoms. The minimum atomic E-state index is -0.166. The number of rotatable bonds is 3. The van der Waals surface area contributed by atoms with Crippen LogP contribution in [0.2, 0.25) is 0 Å². The number of nitrogens with zero attached hydrogens (tertiary/aromatic N) is 2. The second-order valence-corrected chi connectivity index (χ2v) is 7.66. The lowest BCUT2D eigenvalue weighted by atomic mass is 10.1. The maximum atomic E-state index is 14.0. The summed E-state index contributed by atoms with van der Waals surface area (Å²) < 4.78 is 19.3. The van der Waals surface area contributed by atoms with Crippen LogP contribution < -0.4 is 0 Å². The lowest BCUT2D eigenvalue weighted by molar-refractivity contribution is 0.0756. The van der Waals surface area contributed by atoms with Crippen LogP contribution in [0.4, 0.5) is 4.39 Å². The zero-order chi connectivity index (χ0) is 16.5. The summed E-state index contributed by atoms with van der Waals surface area (Å²) in [5.74, 6) is 1.81. The second kappa shape index (κ2) is 6.59. The van der Waals surface area contributed by atoms with Gasteiger partial charge >= 0.3 is 0 Å². The van der Waals surface area contributed by atoms with Crippen LogP contribution in [0.5, 0.6) is 0 Å². The highest BCUT2D eigenvalue weighted by Gasteiger charge is 2.30. The van der Waals surface area contributed by atoms with Gasteiger partial charge in [-0.25, -0.2) is 4.39 Å². The van der Waals surface area contributed by atoms with Gasteiger partial charge in [0.25, 0.3) is 5.91 Å². The van der Waals surface area contributed by atoms with E-state index >= 15 is 0 Å². The van der Waals surface area contributed by atoms with E-state index in [0.29, 0.717) is 24.7 Å². The van der Waals surface area contributed by atoms with Crippen molar-refractivity contribution >= 4 is 17.7 Å². The minimum Gasteiger partial charge on any atom is -0.360 e. The molecule has 0 spiro atoms. The molecule has 1 aromatic heterocycles. The fraction of sp³-hybridized carbons (Fsp3) is 0.444. The van der Waals surface area contributed by atoms with E-state index in [-0.39, 0.29) is 17.0 Å². The molecule has 1 aromatic carbocycles. The third kappa shape index (κ3) is 3.20. The predicted molar refractivity (Wildman–Crippen MR) is 90.6 cm³/mol. The Bertz CT molecular complexity index is 744. The number of benzene rings is 1. The van der Waals surface area contributed by atoms with Gasteiger partial charge in [0.2, 0.25) is 0 Å². The van der Waals surface area contributed by atoms with Crippen LogP contribution >= 0.6 is 11.8 Å². The summed E-state index contributed by atoms with van der Waals surface area (Å²) >= 11 is 1.71. The van der Waals surface area contributed by atoms with Gasteiger partial charge in [0.15, 0.2) is 5.69 Å². The Kier molecular flexibility index (Phi) is 4.31. The fourth-order valence-corrected chi connectivity index (χ4v) is 4.32. The van der Waals surface area contributed by atoms with Crippen molar-refractivity contribution in [2.45, 2.75) is 30.4 Å². The van der Waals surface area contributed by atoms with E-state index in [1.807, 2.05) is 17.0 Å². The van der Waals surface area contributed by atoms with E-state index in [2.05, 4.69) is 5.16 Å². The van der Waals surface area contributed by atoms with Crippen LogP contribution in [0, 0.1) is 5.82 Å². The Hall–Kier alpha value is -1.82. The topological polar surface area (TPSA) is 46.3 Å². The molecule has 1 amide bonds. The summed E-state index contributed by atoms with van der Waals surface area (Å²) in [6.45, 7) is 1.26. The van der Waals surface area contributed by atoms with E-state index < -0.39 is 0 Å². The van der Waals surface area contributed by atoms with Gasteiger partial charge in [-0.1, -0.05) is 23.4 Å². The molecule has 6 heteroatoms. The first kappa shape index (κ1) is 15.7. The number of halogens is 1. The summed E-state index contributed by atoms with van der Waals surface area (Å²) in [6.07, 6.45) is 2.98. The molecule has 1 aliphatic heterocycles. The van der Waals surface area contributed by atoms with Crippen LogP contribution in [0.15, 0.2) is 34.9 Å². The molecular weight excluding hydrogens is 327 g/mol. The van der Waals surface area contributed by atoms with Crippen molar-refractivity contribution in [3.05, 3.63) is 53.2 Å². The number of aromatic nitrogens is 1. The van der Waals surface area contributed by atoms with Gasteiger partial charge < -0.3 is 9.42 Å². The number of hydrogen-bond donors (Lipinski definition) is 0. The molecule has 0 unspecified atom stereocenters. The molecule has 2 fully saturated rings. The minimum absolute atomic E-state index is 0.0829. The molecule has 2 heterocycles. The van der Waals surface area contributed by atoms with E-state index in [1.165, 1.54) is 6.07 Å². The highest BCUT2D eigenvalue weighted by atomic mass is 32.2. The van der Waals surface area contributed by atoms with Gasteiger partial charge in [-0.05, 0) is 25.3 Å². The molecule has 2 aromatic rings. The summed E-state index contributed by atoms with van der Waals surface area (Å²) in [5.41, 5.74) is 1.13. The van der Waals surface area contributed by atoms with Crippen molar-refractivity contribution in [2.75, 3.05) is 18.8 Å². The number of carbonyl (C=O) groups is 1. The van der Waals surface area contributed by atoms with E-state index in [1.54, 1.807) is 23.9 Å². The van der Waals surface area contributed by atoms with Gasteiger partial charge in [-0.3, -0.25) is 4.79 Å². The number of hydrogen-bond acceptors (Lipinski definition) is 4. The molecule has 1 aliphatic carbocycles. The molecule has 1 saturated carbocycles. The Morgan fingerprint density at radius 1 is 1.25 bits per heavy atom. The van der Waals surface area contributed by atoms with Gasteiger partial charge in [-0.2, -0.15) is 11.8 Å². The molecule has 4 rings (SSSR count). The van der Waals surface area contributed by atoms with Crippen molar-refractivity contribution < 1.29 is 13.7 Å². The van der Waals surface area contributed by atoms with Crippen molar-refractivity contribution in [1.82, 2.24) is 10.1 Å². The first-order valence-electron chi connectivity index (χ1n) is 8.34. The summed E-state index contributed by atoms with van der Waals surface area (Å²) in [4.78, 5) is 14.4. The van der Waals surface area contributed by atoms with Gasteiger partial charge in [0.05, 0.1) is 0 Å². The van der Waals surface area contributed by atoms with Crippen molar-refractivity contribution in [1.29, 1.82) is 0 Å². The lowest BCUT2D eigenvalue weighted by Crippen LogP contribution is -2.33. The number of thioether (sulfide) groups is 1. The Balaban J connectivity index is 1.44. The molecule has 1 atom stereocenters. The average Bonchev–Trinajstić information content (AvgIpc) is 3.37. The van der Waals surface area contributed by atoms with Crippen molar-refractivity contribution in [3.63, 3.8) is 0 Å². The Morgan fingerprint density at radius 2 is 2.08 bits per heavy atom. The third-order valence-corrected chi connectivity index (χ3v) is 5.92. The molecule has 2 aliphatic rings. The zero-order valence-corrected chi connectivity index (χ0v) is 14.1. The quantitative estimate of drug-likeness (QED) is 0.842. The monoisotopic (exact) mass is 346 g/mol. The van der Waals surface area contributed by atoms with Crippen molar-refractivity contribution in [3.8, 4) is 0 Å². The van der Waals surface area contributed by atoms with Crippen molar-refractivity contribution in [2.24, 2.45) is 0 Å². The van der Waals surface area contributed by atoms with E-state index in [9.17, 15) is 9.18 Å². The summed E-state index contributed by atoms with van der Waals surface area (Å²) in [5, 5.41) is 4.03. The predicted octanol–water partition coefficient (Wildman–Crippen LogP) is 4.01. The lowest BCUT2D eigenvalue weighted by Gasteiger charge is -2.19. The van der Waals surface area contributed by atoms with Crippen LogP contribution in [-0.2, 0) is 0 Å². The van der Waals surface area contributed by atoms with Gasteiger partial charge in [0.1, 0.15) is 11.6 Å². The maximum absolute atomic E-state index is 14.0. The molecule has 0 N–H and O–H groups in total. The average molecular weight is 346 g/mol. The number of amides is 1. The van der Waals surface area contributed by atoms with Crippen LogP contribution in [0.3, 0.4) is 0 Å². The standard InChI is InChI=1S/C18H19FN2O2S/c19-14-4-2-1-3-13(14)17-7-8-21(9-10-24-17)18(22)15-11-16(23-20-15)12-5-6-12/h1-4,11-12,17H,5-10H2/t17-/m0/s1. The van der Waals surface area contributed by atoms with Gasteiger partial charge in [-0.15, -0.1) is 0 Å². The summed E-state index contributed by atoms with van der Waals surface area (Å²) in [7, 11) is 0. The molecule has 4 nitrogen and oxygen atoms in total. The number of carbonyl (C=O) groups excluding carboxylic acids is 1. The zero-order valence-electron chi connectivity index (χ0n) is 13.3. The third-order valence-electron chi connectivity index (χ3n) is 4.61. The fourth-order valence-electron chi connectivity index (χ4n) is 3.07. The van der Waals surface area contributed by atoms with E-state index in [0.717, 1.165) is 36.3 Å². The first-order valence-corrected chi connectivity index (χ1v) is 9.39. The Morgan fingerprint density at radius 3 is 2.88 bits per heavy atom. The molecule has 0 bridgehead atoms. The molecular formula is C18H19FN2O2S. The van der Waals surface area contributed by atoms with Crippen LogP contribution in [0.25, 0.3) is 0 Å². The maximum Gasteiger partial charge on any atom is 0.276 e. The first-order chi connectivity index (χ1) is 11.7. The molecule has 1 saturated heterocycles. The van der Waals surface area contributed by atoms with Crippen LogP contribution in [-0.4, -0.2) is 34.8 Å². The molecule has 126 valence electrons. The van der Waals surface area contributed by atoms with Crippen LogP contribution in [0.1, 0.15) is 52.2 Å². The van der Waals surface area contributed by atoms with Gasteiger partial charge in [0, 0.05) is 41.6 Å².